The molecule has 4 aromatic rings. The van der Waals surface area contributed by atoms with Crippen molar-refractivity contribution in [2.75, 3.05) is 19.7 Å². The molecule has 0 spiro atoms. The molecule has 8 nitrogen and oxygen atoms in total. The van der Waals surface area contributed by atoms with Gasteiger partial charge in [-0.15, -0.1) is 11.3 Å². The molecule has 1 atom stereocenters. The van der Waals surface area contributed by atoms with E-state index in [1.807, 2.05) is 50.2 Å². The van der Waals surface area contributed by atoms with Crippen LogP contribution in [0.3, 0.4) is 0 Å². The Hall–Kier alpha value is -3.56. The molecule has 1 N–H and O–H groups in total. The Morgan fingerprint density at radius 1 is 1.21 bits per heavy atom. The number of aromatic nitrogens is 3. The van der Waals surface area contributed by atoms with Gasteiger partial charge in [0.15, 0.2) is 0 Å². The average Bonchev–Trinajstić information content (AvgIpc) is 3.55. The highest BCUT2D eigenvalue weighted by Crippen LogP contribution is 2.32. The van der Waals surface area contributed by atoms with Crippen LogP contribution < -0.4 is 5.32 Å². The van der Waals surface area contributed by atoms with Gasteiger partial charge in [0.2, 0.25) is 0 Å². The molecule has 0 radical (unpaired) electrons. The fourth-order valence-electron chi connectivity index (χ4n) is 3.98. The number of benzene rings is 1. The lowest BCUT2D eigenvalue weighted by Gasteiger charge is -2.23. The van der Waals surface area contributed by atoms with Crippen molar-refractivity contribution in [1.29, 1.82) is 0 Å². The van der Waals surface area contributed by atoms with E-state index in [9.17, 15) is 9.59 Å². The summed E-state index contributed by atoms with van der Waals surface area (Å²) >= 11 is 1.50. The molecule has 33 heavy (non-hydrogen) atoms. The van der Waals surface area contributed by atoms with Crippen molar-refractivity contribution in [3.05, 3.63) is 76.8 Å². The number of fused-ring (bicyclic) bond motifs is 1. The predicted octanol–water partition coefficient (Wildman–Crippen LogP) is 3.30. The molecular formula is C24H23N5O3S. The van der Waals surface area contributed by atoms with Gasteiger partial charge in [0.05, 0.1) is 29.2 Å². The summed E-state index contributed by atoms with van der Waals surface area (Å²) in [4.78, 5) is 37.5. The highest BCUT2D eigenvalue weighted by molar-refractivity contribution is 7.15. The lowest BCUT2D eigenvalue weighted by molar-refractivity contribution is 0.0276. The quantitative estimate of drug-likeness (QED) is 0.493. The SMILES string of the molecule is Cc1cccc(-c2sc(C)nc2C(=O)N2CCOC2CNC(=O)c2cnc3ccccn23)c1. The van der Waals surface area contributed by atoms with Crippen molar-refractivity contribution in [3.8, 4) is 10.4 Å². The third-order valence-electron chi connectivity index (χ3n) is 5.55. The van der Waals surface area contributed by atoms with Crippen LogP contribution in [-0.4, -0.2) is 57.0 Å². The van der Waals surface area contributed by atoms with E-state index in [0.29, 0.717) is 30.2 Å². The van der Waals surface area contributed by atoms with Gasteiger partial charge in [-0.3, -0.25) is 14.0 Å². The van der Waals surface area contributed by atoms with Crippen molar-refractivity contribution < 1.29 is 14.3 Å². The van der Waals surface area contributed by atoms with Crippen LogP contribution in [0, 0.1) is 13.8 Å². The lowest BCUT2D eigenvalue weighted by atomic mass is 10.1. The Morgan fingerprint density at radius 3 is 2.94 bits per heavy atom. The molecule has 1 aliphatic heterocycles. The zero-order valence-corrected chi connectivity index (χ0v) is 19.1. The molecule has 1 fully saturated rings. The molecule has 1 aromatic carbocycles. The Kier molecular flexibility index (Phi) is 5.65. The monoisotopic (exact) mass is 461 g/mol. The first-order chi connectivity index (χ1) is 16.0. The molecular weight excluding hydrogens is 438 g/mol. The number of hydrogen-bond acceptors (Lipinski definition) is 6. The fraction of sp³-hybridized carbons (Fsp3) is 0.250. The number of aryl methyl sites for hydroxylation is 2. The number of hydrogen-bond donors (Lipinski definition) is 1. The zero-order valence-electron chi connectivity index (χ0n) is 18.3. The first kappa shape index (κ1) is 21.3. The first-order valence-electron chi connectivity index (χ1n) is 10.7. The van der Waals surface area contributed by atoms with Crippen LogP contribution in [0.2, 0.25) is 0 Å². The number of pyridine rings is 1. The van der Waals surface area contributed by atoms with Crippen LogP contribution in [0.4, 0.5) is 0 Å². The number of nitrogens with one attached hydrogen (secondary N) is 1. The van der Waals surface area contributed by atoms with E-state index < -0.39 is 6.23 Å². The molecule has 4 heterocycles. The fourth-order valence-corrected chi connectivity index (χ4v) is 4.89. The molecule has 5 rings (SSSR count). The summed E-state index contributed by atoms with van der Waals surface area (Å²) in [7, 11) is 0. The van der Waals surface area contributed by atoms with Crippen LogP contribution >= 0.6 is 11.3 Å². The number of carbonyl (C=O) groups excluding carboxylic acids is 2. The number of carbonyl (C=O) groups is 2. The zero-order chi connectivity index (χ0) is 22.9. The second-order valence-electron chi connectivity index (χ2n) is 7.89. The topological polar surface area (TPSA) is 88.8 Å². The van der Waals surface area contributed by atoms with Gasteiger partial charge in [-0.2, -0.15) is 0 Å². The normalized spacial score (nSPS) is 15.8. The van der Waals surface area contributed by atoms with E-state index in [-0.39, 0.29) is 18.4 Å². The number of rotatable bonds is 5. The largest absolute Gasteiger partial charge is 0.355 e. The summed E-state index contributed by atoms with van der Waals surface area (Å²) < 4.78 is 7.50. The summed E-state index contributed by atoms with van der Waals surface area (Å²) in [6.07, 6.45) is 2.76. The van der Waals surface area contributed by atoms with Crippen LogP contribution in [0.15, 0.2) is 54.9 Å². The molecule has 1 unspecified atom stereocenters. The molecule has 1 saturated heterocycles. The molecule has 9 heteroatoms. The summed E-state index contributed by atoms with van der Waals surface area (Å²) in [5, 5.41) is 3.70. The van der Waals surface area contributed by atoms with Crippen molar-refractivity contribution >= 4 is 28.8 Å². The molecule has 168 valence electrons. The van der Waals surface area contributed by atoms with Gasteiger partial charge in [-0.25, -0.2) is 9.97 Å². The van der Waals surface area contributed by atoms with E-state index >= 15 is 0 Å². The van der Waals surface area contributed by atoms with Gasteiger partial charge in [0.1, 0.15) is 23.3 Å². The van der Waals surface area contributed by atoms with Gasteiger partial charge in [0, 0.05) is 12.7 Å². The van der Waals surface area contributed by atoms with E-state index in [2.05, 4.69) is 21.4 Å². The van der Waals surface area contributed by atoms with Crippen molar-refractivity contribution in [2.45, 2.75) is 20.1 Å². The number of thiazole rings is 1. The molecule has 0 aliphatic carbocycles. The third-order valence-corrected chi connectivity index (χ3v) is 6.57. The maximum atomic E-state index is 13.5. The highest BCUT2D eigenvalue weighted by atomic mass is 32.1. The maximum absolute atomic E-state index is 13.5. The number of imidazole rings is 1. The predicted molar refractivity (Wildman–Crippen MR) is 125 cm³/mol. The Balaban J connectivity index is 1.33. The van der Waals surface area contributed by atoms with Gasteiger partial charge < -0.3 is 15.0 Å². The van der Waals surface area contributed by atoms with Gasteiger partial charge in [0.25, 0.3) is 11.8 Å². The van der Waals surface area contributed by atoms with Crippen molar-refractivity contribution in [1.82, 2.24) is 24.6 Å². The minimum Gasteiger partial charge on any atom is -0.355 e. The molecule has 0 bridgehead atoms. The van der Waals surface area contributed by atoms with Gasteiger partial charge in [-0.1, -0.05) is 35.9 Å². The summed E-state index contributed by atoms with van der Waals surface area (Å²) in [5.41, 5.74) is 3.64. The van der Waals surface area contributed by atoms with Gasteiger partial charge in [-0.05, 0) is 31.5 Å². The van der Waals surface area contributed by atoms with Crippen LogP contribution in [0.1, 0.15) is 31.5 Å². The minimum absolute atomic E-state index is 0.174. The standard InChI is InChI=1S/C24H23N5O3S/c1-15-6-5-7-17(12-15)22-21(27-16(2)33-22)24(31)29-10-11-32-20(29)14-26-23(30)18-13-25-19-8-3-4-9-28(18)19/h3-9,12-13,20H,10-11,14H2,1-2H3,(H,26,30). The van der Waals surface area contributed by atoms with Crippen LogP contribution in [0.25, 0.3) is 16.1 Å². The number of nitrogens with zero attached hydrogens (tertiary/aromatic N) is 4. The van der Waals surface area contributed by atoms with Crippen LogP contribution in [0.5, 0.6) is 0 Å². The minimum atomic E-state index is -0.562. The lowest BCUT2D eigenvalue weighted by Crippen LogP contribution is -2.44. The Bertz CT molecular complexity index is 1340. The molecule has 1 aliphatic rings. The third kappa shape index (κ3) is 4.12. The molecule has 2 amide bonds. The van der Waals surface area contributed by atoms with Crippen LogP contribution in [-0.2, 0) is 4.74 Å². The van der Waals surface area contributed by atoms with Crippen molar-refractivity contribution in [2.24, 2.45) is 0 Å². The molecule has 3 aromatic heterocycles. The smallest absolute Gasteiger partial charge is 0.276 e. The van der Waals surface area contributed by atoms with E-state index in [0.717, 1.165) is 21.0 Å². The summed E-state index contributed by atoms with van der Waals surface area (Å²) in [5.74, 6) is -0.469. The van der Waals surface area contributed by atoms with E-state index in [4.69, 9.17) is 4.74 Å². The molecule has 0 saturated carbocycles. The second-order valence-corrected chi connectivity index (χ2v) is 9.09. The number of ether oxygens (including phenoxy) is 1. The van der Waals surface area contributed by atoms with Crippen molar-refractivity contribution in [3.63, 3.8) is 0 Å². The summed E-state index contributed by atoms with van der Waals surface area (Å²) in [6, 6.07) is 13.6. The summed E-state index contributed by atoms with van der Waals surface area (Å²) in [6.45, 7) is 4.95. The highest BCUT2D eigenvalue weighted by Gasteiger charge is 2.33. The average molecular weight is 462 g/mol. The van der Waals surface area contributed by atoms with E-state index in [1.54, 1.807) is 15.5 Å². The Morgan fingerprint density at radius 2 is 2.09 bits per heavy atom. The number of amides is 2. The first-order valence-corrected chi connectivity index (χ1v) is 11.5. The Labute approximate surface area is 194 Å². The van der Waals surface area contributed by atoms with Gasteiger partial charge >= 0.3 is 0 Å². The maximum Gasteiger partial charge on any atom is 0.276 e. The van der Waals surface area contributed by atoms with E-state index in [1.165, 1.54) is 17.5 Å². The second kappa shape index (κ2) is 8.76.